The Balaban J connectivity index is 1.64. The molecule has 0 amide bonds. The average molecular weight is 316 g/mol. The van der Waals surface area contributed by atoms with Gasteiger partial charge in [-0.25, -0.2) is 0 Å². The molecule has 24 heavy (non-hydrogen) atoms. The van der Waals surface area contributed by atoms with E-state index in [9.17, 15) is 0 Å². The second kappa shape index (κ2) is 7.69. The normalized spacial score (nSPS) is 10.4. The first kappa shape index (κ1) is 16.1. The zero-order valence-electron chi connectivity index (χ0n) is 14.3. The predicted molar refractivity (Wildman–Crippen MR) is 104 cm³/mol. The molecule has 0 fully saturated rings. The van der Waals surface area contributed by atoms with E-state index in [0.29, 0.717) is 0 Å². The predicted octanol–water partition coefficient (Wildman–Crippen LogP) is 5.24. The first-order chi connectivity index (χ1) is 11.8. The minimum Gasteiger partial charge on any atom is -0.388 e. The maximum Gasteiger partial charge on any atom is 0.0400 e. The zero-order valence-corrected chi connectivity index (χ0v) is 14.3. The second-order valence-corrected chi connectivity index (χ2v) is 6.07. The van der Waals surface area contributed by atoms with Gasteiger partial charge in [-0.2, -0.15) is 0 Å². The lowest BCUT2D eigenvalue weighted by Gasteiger charge is -2.11. The minimum atomic E-state index is 0.845. The summed E-state index contributed by atoms with van der Waals surface area (Å²) >= 11 is 0. The Bertz CT molecular complexity index is 791. The highest BCUT2D eigenvalue weighted by atomic mass is 14.9. The van der Waals surface area contributed by atoms with E-state index >= 15 is 0 Å². The fourth-order valence-electron chi connectivity index (χ4n) is 2.88. The van der Waals surface area contributed by atoms with Gasteiger partial charge < -0.3 is 10.6 Å². The number of rotatable bonds is 6. The van der Waals surface area contributed by atoms with Crippen LogP contribution in [0.15, 0.2) is 72.8 Å². The van der Waals surface area contributed by atoms with Crippen LogP contribution in [0.1, 0.15) is 22.3 Å². The van der Waals surface area contributed by atoms with E-state index in [2.05, 4.69) is 90.4 Å². The molecule has 0 bridgehead atoms. The maximum absolute atomic E-state index is 3.51. The second-order valence-electron chi connectivity index (χ2n) is 6.07. The van der Waals surface area contributed by atoms with Crippen LogP contribution in [0, 0.1) is 6.92 Å². The molecule has 0 unspecified atom stereocenters. The first-order valence-corrected chi connectivity index (χ1v) is 8.39. The van der Waals surface area contributed by atoms with Gasteiger partial charge in [0.2, 0.25) is 0 Å². The largest absolute Gasteiger partial charge is 0.388 e. The molecule has 0 atom stereocenters. The van der Waals surface area contributed by atoms with Gasteiger partial charge in [0.05, 0.1) is 0 Å². The molecule has 2 heteroatoms. The van der Waals surface area contributed by atoms with Gasteiger partial charge in [0.1, 0.15) is 0 Å². The highest BCUT2D eigenvalue weighted by molar-refractivity contribution is 5.53. The van der Waals surface area contributed by atoms with E-state index in [4.69, 9.17) is 0 Å². The van der Waals surface area contributed by atoms with Gasteiger partial charge >= 0.3 is 0 Å². The van der Waals surface area contributed by atoms with E-state index in [1.165, 1.54) is 33.6 Å². The van der Waals surface area contributed by atoms with Crippen molar-refractivity contribution in [3.63, 3.8) is 0 Å². The molecule has 0 aliphatic heterocycles. The van der Waals surface area contributed by atoms with Gasteiger partial charge in [0.25, 0.3) is 0 Å². The van der Waals surface area contributed by atoms with E-state index < -0.39 is 0 Å². The summed E-state index contributed by atoms with van der Waals surface area (Å²) in [7, 11) is 1.97. The summed E-state index contributed by atoms with van der Waals surface area (Å²) in [5, 5.41) is 6.77. The molecule has 2 N–H and O–H groups in total. The van der Waals surface area contributed by atoms with Crippen LogP contribution in [0.3, 0.4) is 0 Å². The molecular formula is C22H24N2. The van der Waals surface area contributed by atoms with Crippen LogP contribution in [0.25, 0.3) is 0 Å². The van der Waals surface area contributed by atoms with Crippen molar-refractivity contribution in [2.24, 2.45) is 0 Å². The number of para-hydroxylation sites is 2. The summed E-state index contributed by atoms with van der Waals surface area (Å²) in [6.45, 7) is 2.98. The molecule has 0 saturated heterocycles. The van der Waals surface area contributed by atoms with E-state index in [1.54, 1.807) is 0 Å². The Morgan fingerprint density at radius 3 is 2.04 bits per heavy atom. The van der Waals surface area contributed by atoms with Crippen molar-refractivity contribution in [1.29, 1.82) is 0 Å². The number of hydrogen-bond donors (Lipinski definition) is 2. The van der Waals surface area contributed by atoms with Crippen LogP contribution in [0.5, 0.6) is 0 Å². The highest BCUT2D eigenvalue weighted by Crippen LogP contribution is 2.19. The number of benzene rings is 3. The van der Waals surface area contributed by atoms with Crippen LogP contribution in [0.2, 0.25) is 0 Å². The molecule has 0 spiro atoms. The third-order valence-corrected chi connectivity index (χ3v) is 4.33. The molecule has 0 heterocycles. The number of aryl methyl sites for hydroxylation is 1. The average Bonchev–Trinajstić information content (AvgIpc) is 2.63. The van der Waals surface area contributed by atoms with Crippen LogP contribution >= 0.6 is 0 Å². The van der Waals surface area contributed by atoms with E-state index in [-0.39, 0.29) is 0 Å². The number of hydrogen-bond acceptors (Lipinski definition) is 2. The van der Waals surface area contributed by atoms with Gasteiger partial charge in [-0.1, -0.05) is 60.7 Å². The Morgan fingerprint density at radius 1 is 0.708 bits per heavy atom. The molecule has 2 nitrogen and oxygen atoms in total. The Kier molecular flexibility index (Phi) is 5.17. The van der Waals surface area contributed by atoms with Crippen LogP contribution in [-0.4, -0.2) is 7.05 Å². The molecule has 0 aromatic heterocycles. The van der Waals surface area contributed by atoms with Crippen LogP contribution < -0.4 is 10.6 Å². The van der Waals surface area contributed by atoms with Crippen molar-refractivity contribution in [2.45, 2.75) is 19.9 Å². The molecule has 3 aromatic carbocycles. The lowest BCUT2D eigenvalue weighted by atomic mass is 10.0. The van der Waals surface area contributed by atoms with Crippen LogP contribution in [0.4, 0.5) is 11.4 Å². The van der Waals surface area contributed by atoms with Crippen molar-refractivity contribution >= 4 is 11.4 Å². The molecule has 0 radical (unpaired) electrons. The molecule has 0 saturated carbocycles. The molecular weight excluding hydrogens is 292 g/mol. The summed E-state index contributed by atoms with van der Waals surface area (Å²) < 4.78 is 0. The highest BCUT2D eigenvalue weighted by Gasteiger charge is 2.02. The van der Waals surface area contributed by atoms with Gasteiger partial charge in [-0.05, 0) is 47.7 Å². The van der Waals surface area contributed by atoms with Crippen molar-refractivity contribution in [3.05, 3.63) is 95.1 Å². The quantitative estimate of drug-likeness (QED) is 0.650. The van der Waals surface area contributed by atoms with Gasteiger partial charge in [-0.15, -0.1) is 0 Å². The van der Waals surface area contributed by atoms with Crippen molar-refractivity contribution in [1.82, 2.24) is 0 Å². The lowest BCUT2D eigenvalue weighted by molar-refractivity contribution is 1.12. The summed E-state index contributed by atoms with van der Waals surface area (Å²) in [6, 6.07) is 25.7. The minimum absolute atomic E-state index is 0.845. The smallest absolute Gasteiger partial charge is 0.0400 e. The van der Waals surface area contributed by atoms with Gasteiger partial charge in [0.15, 0.2) is 0 Å². The molecule has 0 aliphatic carbocycles. The van der Waals surface area contributed by atoms with E-state index in [1.807, 2.05) is 7.05 Å². The number of nitrogens with one attached hydrogen (secondary N) is 2. The molecule has 122 valence electrons. The Morgan fingerprint density at radius 2 is 1.33 bits per heavy atom. The van der Waals surface area contributed by atoms with Crippen molar-refractivity contribution < 1.29 is 0 Å². The summed E-state index contributed by atoms with van der Waals surface area (Å²) in [5.74, 6) is 0. The standard InChI is InChI=1S/C22H24N2/c1-17-7-3-5-9-21(17)24-16-19-13-11-18(12-14-19)15-20-8-4-6-10-22(20)23-2/h3-14,23-24H,15-16H2,1-2H3. The van der Waals surface area contributed by atoms with Crippen molar-refractivity contribution in [3.8, 4) is 0 Å². The zero-order chi connectivity index (χ0) is 16.8. The fourth-order valence-corrected chi connectivity index (χ4v) is 2.88. The van der Waals surface area contributed by atoms with Crippen LogP contribution in [-0.2, 0) is 13.0 Å². The fraction of sp³-hybridized carbons (Fsp3) is 0.182. The third kappa shape index (κ3) is 3.96. The molecule has 3 aromatic rings. The number of anilines is 2. The maximum atomic E-state index is 3.51. The van der Waals surface area contributed by atoms with Gasteiger partial charge in [0, 0.05) is 25.0 Å². The monoisotopic (exact) mass is 316 g/mol. The third-order valence-electron chi connectivity index (χ3n) is 4.33. The summed E-state index contributed by atoms with van der Waals surface area (Å²) in [5.41, 5.74) is 7.62. The van der Waals surface area contributed by atoms with Crippen molar-refractivity contribution in [2.75, 3.05) is 17.7 Å². The topological polar surface area (TPSA) is 24.1 Å². The Labute approximate surface area is 144 Å². The molecule has 0 aliphatic rings. The molecule has 3 rings (SSSR count). The first-order valence-electron chi connectivity index (χ1n) is 8.39. The lowest BCUT2D eigenvalue weighted by Crippen LogP contribution is -2.01. The summed E-state index contributed by atoms with van der Waals surface area (Å²) in [4.78, 5) is 0. The summed E-state index contributed by atoms with van der Waals surface area (Å²) in [6.07, 6.45) is 0.947. The van der Waals surface area contributed by atoms with Gasteiger partial charge in [-0.3, -0.25) is 0 Å². The Hall–Kier alpha value is -2.74. The SMILES string of the molecule is CNc1ccccc1Cc1ccc(CNc2ccccc2C)cc1. The van der Waals surface area contributed by atoms with E-state index in [0.717, 1.165) is 13.0 Å².